The van der Waals surface area contributed by atoms with E-state index in [0.29, 0.717) is 47.6 Å². The molecule has 2 fully saturated rings. The van der Waals surface area contributed by atoms with Crippen molar-refractivity contribution in [3.05, 3.63) is 52.6 Å². The van der Waals surface area contributed by atoms with Gasteiger partial charge in [0.1, 0.15) is 18.2 Å². The average molecular weight is 504 g/mol. The number of rotatable bonds is 6. The van der Waals surface area contributed by atoms with Crippen molar-refractivity contribution in [1.29, 1.82) is 0 Å². The van der Waals surface area contributed by atoms with Gasteiger partial charge in [-0.3, -0.25) is 19.1 Å². The Hall–Kier alpha value is -3.30. The number of benzene rings is 1. The lowest BCUT2D eigenvalue weighted by atomic mass is 10.0. The number of aromatic nitrogens is 4. The van der Waals surface area contributed by atoms with Crippen molar-refractivity contribution in [2.75, 3.05) is 32.8 Å². The Bertz CT molecular complexity index is 1570. The van der Waals surface area contributed by atoms with Gasteiger partial charge >= 0.3 is 5.69 Å². The van der Waals surface area contributed by atoms with Crippen LogP contribution in [0.5, 0.6) is 5.75 Å². The van der Waals surface area contributed by atoms with E-state index in [-0.39, 0.29) is 11.2 Å². The van der Waals surface area contributed by atoms with Crippen LogP contribution in [0.4, 0.5) is 4.39 Å². The maximum atomic E-state index is 15.6. The normalized spacial score (nSPS) is 18.5. The Morgan fingerprint density at radius 2 is 1.97 bits per heavy atom. The first kappa shape index (κ1) is 22.9. The Morgan fingerprint density at radius 3 is 2.73 bits per heavy atom. The predicted molar refractivity (Wildman–Crippen MR) is 138 cm³/mol. The van der Waals surface area contributed by atoms with E-state index in [1.807, 2.05) is 16.7 Å². The number of halogens is 1. The van der Waals surface area contributed by atoms with Crippen LogP contribution in [0.2, 0.25) is 0 Å². The van der Waals surface area contributed by atoms with Gasteiger partial charge in [-0.15, -0.1) is 0 Å². The molecule has 0 unspecified atom stereocenters. The number of piperidine rings is 1. The topological polar surface area (TPSA) is 74.4 Å². The second kappa shape index (κ2) is 8.63. The smallest absolute Gasteiger partial charge is 0.329 e. The number of hydrogen-bond acceptors (Lipinski definition) is 6. The van der Waals surface area contributed by atoms with E-state index in [1.165, 1.54) is 25.3 Å². The number of nitrogens with zero attached hydrogens (tertiary/aromatic N) is 5. The fourth-order valence-corrected chi connectivity index (χ4v) is 5.93. The van der Waals surface area contributed by atoms with E-state index < -0.39 is 5.82 Å². The van der Waals surface area contributed by atoms with Gasteiger partial charge in [0.25, 0.3) is 0 Å². The third kappa shape index (κ3) is 3.67. The Morgan fingerprint density at radius 1 is 1.14 bits per heavy atom. The molecule has 0 N–H and O–H groups in total. The molecule has 192 valence electrons. The Balaban J connectivity index is 1.22. The van der Waals surface area contributed by atoms with Crippen LogP contribution in [0.3, 0.4) is 0 Å². The molecular formula is C28H30FN5O3. The summed E-state index contributed by atoms with van der Waals surface area (Å²) in [4.78, 5) is 24.7. The van der Waals surface area contributed by atoms with Crippen molar-refractivity contribution < 1.29 is 13.9 Å². The molecule has 37 heavy (non-hydrogen) atoms. The van der Waals surface area contributed by atoms with Gasteiger partial charge in [-0.2, -0.15) is 0 Å². The summed E-state index contributed by atoms with van der Waals surface area (Å²) in [5.41, 5.74) is 3.29. The number of pyridine rings is 2. The first-order valence-electron chi connectivity index (χ1n) is 13.2. The molecule has 1 saturated carbocycles. The van der Waals surface area contributed by atoms with Gasteiger partial charge in [0.05, 0.1) is 58.1 Å². The summed E-state index contributed by atoms with van der Waals surface area (Å²) in [7, 11) is 1.76. The SMILES string of the molecule is Cn1c(=O)n2c3c4c(c(-c5ccc(COCCN6CCCCC6)nc5)c(F)cc4ncc31)OCC21CC1. The van der Waals surface area contributed by atoms with Crippen LogP contribution >= 0.6 is 0 Å². The summed E-state index contributed by atoms with van der Waals surface area (Å²) < 4.78 is 31.2. The molecule has 2 aliphatic heterocycles. The van der Waals surface area contributed by atoms with E-state index in [2.05, 4.69) is 14.9 Å². The first-order chi connectivity index (χ1) is 18.1. The maximum absolute atomic E-state index is 15.6. The van der Waals surface area contributed by atoms with Gasteiger partial charge in [0.15, 0.2) is 0 Å². The molecule has 5 heterocycles. The molecule has 4 aromatic rings. The van der Waals surface area contributed by atoms with Crippen LogP contribution in [0, 0.1) is 5.82 Å². The maximum Gasteiger partial charge on any atom is 0.329 e. The molecule has 3 aromatic heterocycles. The summed E-state index contributed by atoms with van der Waals surface area (Å²) in [6.07, 6.45) is 8.91. The third-order valence-corrected chi connectivity index (χ3v) is 8.23. The highest BCUT2D eigenvalue weighted by atomic mass is 19.1. The fraction of sp³-hybridized carbons (Fsp3) is 0.464. The number of hydrogen-bond donors (Lipinski definition) is 0. The lowest BCUT2D eigenvalue weighted by molar-refractivity contribution is 0.0845. The lowest BCUT2D eigenvalue weighted by Crippen LogP contribution is -2.34. The summed E-state index contributed by atoms with van der Waals surface area (Å²) in [5, 5.41) is 0.681. The van der Waals surface area contributed by atoms with Crippen LogP contribution < -0.4 is 10.4 Å². The highest BCUT2D eigenvalue weighted by molar-refractivity contribution is 6.09. The molecule has 1 aliphatic carbocycles. The minimum atomic E-state index is -0.418. The molecular weight excluding hydrogens is 473 g/mol. The van der Waals surface area contributed by atoms with Crippen molar-refractivity contribution >= 4 is 21.9 Å². The van der Waals surface area contributed by atoms with Crippen molar-refractivity contribution in [3.63, 3.8) is 0 Å². The number of imidazole rings is 1. The summed E-state index contributed by atoms with van der Waals surface area (Å²) in [6, 6.07) is 5.17. The second-order valence-corrected chi connectivity index (χ2v) is 10.6. The van der Waals surface area contributed by atoms with Gasteiger partial charge in [-0.05, 0) is 44.8 Å². The number of fused-ring (bicyclic) bond motifs is 1. The van der Waals surface area contributed by atoms with Crippen LogP contribution in [0.25, 0.3) is 33.1 Å². The second-order valence-electron chi connectivity index (χ2n) is 10.6. The average Bonchev–Trinajstić information content (AvgIpc) is 3.67. The zero-order valence-corrected chi connectivity index (χ0v) is 21.0. The molecule has 3 aliphatic rings. The summed E-state index contributed by atoms with van der Waals surface area (Å²) in [6.45, 7) is 4.66. The molecule has 8 nitrogen and oxygen atoms in total. The number of likely N-dealkylation sites (tertiary alicyclic amines) is 1. The van der Waals surface area contributed by atoms with Crippen LogP contribution in [-0.2, 0) is 23.9 Å². The zero-order chi connectivity index (χ0) is 25.1. The molecule has 0 radical (unpaired) electrons. The standard InChI is InChI=1S/C28H30FN5O3/c1-32-22-15-31-21-13-20(29)23(26-24(21)25(22)34(27(32)35)28(7-8-28)17-37-26)18-5-6-19(30-14-18)16-36-12-11-33-9-3-2-4-10-33/h5-6,13-15H,2-4,7-12,16-17H2,1H3. The third-order valence-electron chi connectivity index (χ3n) is 8.23. The van der Waals surface area contributed by atoms with Crippen molar-refractivity contribution in [2.45, 2.75) is 44.2 Å². The Labute approximate surface area is 213 Å². The largest absolute Gasteiger partial charge is 0.490 e. The molecule has 9 heteroatoms. The molecule has 0 bridgehead atoms. The molecule has 1 saturated heterocycles. The molecule has 1 spiro atoms. The lowest BCUT2D eigenvalue weighted by Gasteiger charge is -2.26. The van der Waals surface area contributed by atoms with E-state index in [0.717, 1.165) is 49.2 Å². The van der Waals surface area contributed by atoms with Gasteiger partial charge in [-0.25, -0.2) is 9.18 Å². The minimum Gasteiger partial charge on any atom is -0.490 e. The first-order valence-corrected chi connectivity index (χ1v) is 13.2. The highest BCUT2D eigenvalue weighted by Crippen LogP contribution is 2.51. The number of ether oxygens (including phenoxy) is 2. The van der Waals surface area contributed by atoms with E-state index >= 15 is 4.39 Å². The quantitative estimate of drug-likeness (QED) is 0.371. The van der Waals surface area contributed by atoms with Gasteiger partial charge < -0.3 is 14.4 Å². The molecule has 0 atom stereocenters. The van der Waals surface area contributed by atoms with E-state index in [9.17, 15) is 4.79 Å². The van der Waals surface area contributed by atoms with E-state index in [1.54, 1.807) is 24.0 Å². The highest BCUT2D eigenvalue weighted by Gasteiger charge is 2.50. The Kier molecular flexibility index (Phi) is 5.33. The van der Waals surface area contributed by atoms with E-state index in [4.69, 9.17) is 9.47 Å². The molecule has 0 amide bonds. The van der Waals surface area contributed by atoms with Crippen molar-refractivity contribution in [1.82, 2.24) is 24.0 Å². The summed E-state index contributed by atoms with van der Waals surface area (Å²) >= 11 is 0. The fourth-order valence-electron chi connectivity index (χ4n) is 5.93. The predicted octanol–water partition coefficient (Wildman–Crippen LogP) is 3.97. The van der Waals surface area contributed by atoms with Crippen molar-refractivity contribution in [2.24, 2.45) is 7.05 Å². The minimum absolute atomic E-state index is 0.0876. The van der Waals surface area contributed by atoms with Crippen LogP contribution in [0.15, 0.2) is 35.4 Å². The zero-order valence-electron chi connectivity index (χ0n) is 21.0. The molecule has 7 rings (SSSR count). The molecule has 1 aromatic carbocycles. The number of aryl methyl sites for hydroxylation is 1. The van der Waals surface area contributed by atoms with Crippen LogP contribution in [0.1, 0.15) is 37.8 Å². The monoisotopic (exact) mass is 503 g/mol. The van der Waals surface area contributed by atoms with Gasteiger partial charge in [0.2, 0.25) is 0 Å². The van der Waals surface area contributed by atoms with Gasteiger partial charge in [-0.1, -0.05) is 12.5 Å². The summed E-state index contributed by atoms with van der Waals surface area (Å²) in [5.74, 6) is 0.0156. The van der Waals surface area contributed by atoms with Crippen molar-refractivity contribution in [3.8, 4) is 16.9 Å². The van der Waals surface area contributed by atoms with Gasteiger partial charge in [0, 0.05) is 31.4 Å². The van der Waals surface area contributed by atoms with Crippen LogP contribution in [-0.4, -0.2) is 56.9 Å².